The molecule has 0 aliphatic heterocycles. The summed E-state index contributed by atoms with van der Waals surface area (Å²) in [6.45, 7) is 6.60. The molecule has 57 heavy (non-hydrogen) atoms. The summed E-state index contributed by atoms with van der Waals surface area (Å²) in [6.07, 6.45) is 51.5. The lowest BCUT2D eigenvalue weighted by molar-refractivity contribution is -0.167. The van der Waals surface area contributed by atoms with E-state index in [1.807, 2.05) is 0 Å². The first kappa shape index (κ1) is 54.9. The van der Waals surface area contributed by atoms with E-state index in [9.17, 15) is 14.4 Å². The second kappa shape index (κ2) is 46.6. The van der Waals surface area contributed by atoms with Crippen LogP contribution in [-0.4, -0.2) is 37.2 Å². The SMILES string of the molecule is CCCCC/C=C\CCCCCCCC(=O)OCC(COC(=O)CCCCC/C=C\CCCCCCCCC)OC(=O)CCCCCCCCCCCCCCC. The summed E-state index contributed by atoms with van der Waals surface area (Å²) in [5, 5.41) is 0. The molecule has 0 aromatic carbocycles. The first-order chi connectivity index (χ1) is 28.0. The van der Waals surface area contributed by atoms with Crippen LogP contribution in [0, 0.1) is 0 Å². The minimum absolute atomic E-state index is 0.0771. The van der Waals surface area contributed by atoms with Gasteiger partial charge in [0.25, 0.3) is 0 Å². The summed E-state index contributed by atoms with van der Waals surface area (Å²) in [4.78, 5) is 37.8. The fourth-order valence-electron chi connectivity index (χ4n) is 7.14. The van der Waals surface area contributed by atoms with E-state index in [4.69, 9.17) is 14.2 Å². The van der Waals surface area contributed by atoms with Crippen LogP contribution in [0.4, 0.5) is 0 Å². The lowest BCUT2D eigenvalue weighted by Crippen LogP contribution is -2.30. The van der Waals surface area contributed by atoms with Crippen molar-refractivity contribution in [2.75, 3.05) is 13.2 Å². The normalized spacial score (nSPS) is 12.1. The molecule has 0 aliphatic rings. The molecular weight excluding hydrogens is 709 g/mol. The predicted octanol–water partition coefficient (Wildman–Crippen LogP) is 16.0. The molecule has 0 saturated carbocycles. The van der Waals surface area contributed by atoms with E-state index < -0.39 is 6.10 Å². The van der Waals surface area contributed by atoms with Gasteiger partial charge in [0, 0.05) is 19.3 Å². The van der Waals surface area contributed by atoms with E-state index in [-0.39, 0.29) is 31.1 Å². The van der Waals surface area contributed by atoms with E-state index in [1.165, 1.54) is 148 Å². The third-order valence-corrected chi connectivity index (χ3v) is 10.9. The quantitative estimate of drug-likeness (QED) is 0.0264. The second-order valence-electron chi connectivity index (χ2n) is 16.7. The fourth-order valence-corrected chi connectivity index (χ4v) is 7.14. The Kier molecular flexibility index (Phi) is 44.9. The topological polar surface area (TPSA) is 78.9 Å². The van der Waals surface area contributed by atoms with Gasteiger partial charge in [-0.3, -0.25) is 14.4 Å². The molecule has 0 aromatic rings. The number of unbranched alkanes of at least 4 members (excludes halogenated alkanes) is 30. The Morgan fingerprint density at radius 2 is 0.579 bits per heavy atom. The molecule has 6 heteroatoms. The second-order valence-corrected chi connectivity index (χ2v) is 16.7. The van der Waals surface area contributed by atoms with Crippen LogP contribution in [0.25, 0.3) is 0 Å². The summed E-state index contributed by atoms with van der Waals surface area (Å²) in [5.74, 6) is -0.892. The Balaban J connectivity index is 4.38. The number of hydrogen-bond acceptors (Lipinski definition) is 6. The van der Waals surface area contributed by atoms with Crippen molar-refractivity contribution in [3.8, 4) is 0 Å². The summed E-state index contributed by atoms with van der Waals surface area (Å²) in [6, 6.07) is 0. The van der Waals surface area contributed by atoms with Crippen molar-refractivity contribution in [3.63, 3.8) is 0 Å². The molecule has 0 N–H and O–H groups in total. The zero-order chi connectivity index (χ0) is 41.5. The average molecular weight is 803 g/mol. The number of hydrogen-bond donors (Lipinski definition) is 0. The van der Waals surface area contributed by atoms with Gasteiger partial charge in [-0.25, -0.2) is 0 Å². The van der Waals surface area contributed by atoms with Crippen molar-refractivity contribution in [1.29, 1.82) is 0 Å². The van der Waals surface area contributed by atoms with Gasteiger partial charge in [-0.1, -0.05) is 199 Å². The van der Waals surface area contributed by atoms with Gasteiger partial charge in [0.15, 0.2) is 6.10 Å². The molecule has 1 atom stereocenters. The summed E-state index contributed by atoms with van der Waals surface area (Å²) < 4.78 is 16.7. The number of ether oxygens (including phenoxy) is 3. The fraction of sp³-hybridized carbons (Fsp3) is 0.863. The maximum absolute atomic E-state index is 12.7. The molecule has 0 spiro atoms. The molecule has 0 bridgehead atoms. The van der Waals surface area contributed by atoms with E-state index in [0.717, 1.165) is 77.0 Å². The Morgan fingerprint density at radius 1 is 0.333 bits per heavy atom. The van der Waals surface area contributed by atoms with Crippen LogP contribution in [0.15, 0.2) is 24.3 Å². The van der Waals surface area contributed by atoms with Gasteiger partial charge < -0.3 is 14.2 Å². The van der Waals surface area contributed by atoms with Crippen molar-refractivity contribution >= 4 is 17.9 Å². The molecule has 0 saturated heterocycles. The third kappa shape index (κ3) is 44.8. The van der Waals surface area contributed by atoms with E-state index in [0.29, 0.717) is 19.3 Å². The van der Waals surface area contributed by atoms with Gasteiger partial charge in [0.2, 0.25) is 0 Å². The molecule has 0 rings (SSSR count). The highest BCUT2D eigenvalue weighted by molar-refractivity contribution is 5.71. The standard InChI is InChI=1S/C51H94O6/c1-4-7-10-13-16-19-22-25-27-29-32-35-38-41-44-50(53)56-47-48(46-55-49(52)43-40-37-34-31-28-24-21-18-15-12-9-6-3)57-51(54)45-42-39-36-33-30-26-23-20-17-14-11-8-5-2/h18,21,27,29,48H,4-17,19-20,22-26,28,30-47H2,1-3H3/b21-18-,29-27-. The Labute approximate surface area is 353 Å². The van der Waals surface area contributed by atoms with Gasteiger partial charge >= 0.3 is 17.9 Å². The smallest absolute Gasteiger partial charge is 0.306 e. The zero-order valence-electron chi connectivity index (χ0n) is 38.1. The minimum Gasteiger partial charge on any atom is -0.462 e. The Hall–Kier alpha value is -2.11. The zero-order valence-corrected chi connectivity index (χ0v) is 38.1. The molecule has 0 aliphatic carbocycles. The monoisotopic (exact) mass is 803 g/mol. The number of allylic oxidation sites excluding steroid dienone is 4. The third-order valence-electron chi connectivity index (χ3n) is 10.9. The first-order valence-corrected chi connectivity index (χ1v) is 24.8. The van der Waals surface area contributed by atoms with Gasteiger partial charge in [-0.05, 0) is 70.6 Å². The molecule has 6 nitrogen and oxygen atoms in total. The lowest BCUT2D eigenvalue weighted by atomic mass is 10.0. The Morgan fingerprint density at radius 3 is 0.930 bits per heavy atom. The highest BCUT2D eigenvalue weighted by Gasteiger charge is 2.19. The Bertz CT molecular complexity index is 927. The minimum atomic E-state index is -0.774. The molecule has 0 radical (unpaired) electrons. The van der Waals surface area contributed by atoms with Gasteiger partial charge in [-0.15, -0.1) is 0 Å². The molecule has 1 unspecified atom stereocenters. The molecule has 0 aromatic heterocycles. The van der Waals surface area contributed by atoms with Crippen LogP contribution in [0.5, 0.6) is 0 Å². The number of esters is 3. The highest BCUT2D eigenvalue weighted by atomic mass is 16.6. The first-order valence-electron chi connectivity index (χ1n) is 24.8. The van der Waals surface area contributed by atoms with Crippen molar-refractivity contribution < 1.29 is 28.6 Å². The molecule has 334 valence electrons. The van der Waals surface area contributed by atoms with E-state index in [2.05, 4.69) is 45.1 Å². The van der Waals surface area contributed by atoms with Gasteiger partial charge in [-0.2, -0.15) is 0 Å². The number of carbonyl (C=O) groups is 3. The van der Waals surface area contributed by atoms with Crippen LogP contribution in [0.3, 0.4) is 0 Å². The van der Waals surface area contributed by atoms with Crippen molar-refractivity contribution in [2.24, 2.45) is 0 Å². The maximum atomic E-state index is 12.7. The summed E-state index contributed by atoms with van der Waals surface area (Å²) in [5.41, 5.74) is 0. The van der Waals surface area contributed by atoms with Gasteiger partial charge in [0.05, 0.1) is 0 Å². The van der Waals surface area contributed by atoms with Crippen molar-refractivity contribution in [1.82, 2.24) is 0 Å². The highest BCUT2D eigenvalue weighted by Crippen LogP contribution is 2.15. The van der Waals surface area contributed by atoms with Crippen LogP contribution >= 0.6 is 0 Å². The lowest BCUT2D eigenvalue weighted by Gasteiger charge is -2.18. The van der Waals surface area contributed by atoms with Gasteiger partial charge in [0.1, 0.15) is 13.2 Å². The van der Waals surface area contributed by atoms with Crippen LogP contribution < -0.4 is 0 Å². The summed E-state index contributed by atoms with van der Waals surface area (Å²) >= 11 is 0. The maximum Gasteiger partial charge on any atom is 0.306 e. The molecule has 0 heterocycles. The number of carbonyl (C=O) groups excluding carboxylic acids is 3. The average Bonchev–Trinajstić information content (AvgIpc) is 3.21. The molecule has 0 amide bonds. The van der Waals surface area contributed by atoms with Crippen LogP contribution in [-0.2, 0) is 28.6 Å². The van der Waals surface area contributed by atoms with E-state index >= 15 is 0 Å². The van der Waals surface area contributed by atoms with Crippen LogP contribution in [0.1, 0.15) is 265 Å². The largest absolute Gasteiger partial charge is 0.462 e. The molecule has 0 fully saturated rings. The predicted molar refractivity (Wildman–Crippen MR) is 243 cm³/mol. The van der Waals surface area contributed by atoms with Crippen LogP contribution in [0.2, 0.25) is 0 Å². The summed E-state index contributed by atoms with van der Waals surface area (Å²) in [7, 11) is 0. The number of rotatable bonds is 45. The van der Waals surface area contributed by atoms with Crippen molar-refractivity contribution in [3.05, 3.63) is 24.3 Å². The van der Waals surface area contributed by atoms with E-state index in [1.54, 1.807) is 0 Å². The molecular formula is C51H94O6. The van der Waals surface area contributed by atoms with Crippen molar-refractivity contribution in [2.45, 2.75) is 271 Å².